The molecule has 0 spiro atoms. The standard InChI is InChI=1S/C22H27N3O3/c1-4-12-25-18-13-17(10-11-19(18)28-15-22(2,3)20(25)26)24-21(27)23-14-16-8-6-5-7-9-16/h5-11,13H,4,12,14-15H2,1-3H3,(H2,23,24,27). The fourth-order valence-electron chi connectivity index (χ4n) is 3.12. The lowest BCUT2D eigenvalue weighted by molar-refractivity contribution is -0.127. The summed E-state index contributed by atoms with van der Waals surface area (Å²) in [5.74, 6) is 0.682. The van der Waals surface area contributed by atoms with E-state index in [1.807, 2.05) is 51.1 Å². The normalized spacial score (nSPS) is 15.2. The zero-order valence-corrected chi connectivity index (χ0v) is 16.6. The predicted molar refractivity (Wildman–Crippen MR) is 111 cm³/mol. The molecule has 2 aromatic rings. The molecule has 0 aromatic heterocycles. The van der Waals surface area contributed by atoms with Gasteiger partial charge in [-0.05, 0) is 44.0 Å². The van der Waals surface area contributed by atoms with Crippen molar-refractivity contribution in [3.63, 3.8) is 0 Å². The first kappa shape index (κ1) is 19.7. The van der Waals surface area contributed by atoms with Crippen LogP contribution in [0.15, 0.2) is 48.5 Å². The molecule has 2 N–H and O–H groups in total. The average molecular weight is 381 g/mol. The smallest absolute Gasteiger partial charge is 0.319 e. The van der Waals surface area contributed by atoms with Gasteiger partial charge < -0.3 is 20.3 Å². The highest BCUT2D eigenvalue weighted by Gasteiger charge is 2.37. The number of hydrogen-bond donors (Lipinski definition) is 2. The van der Waals surface area contributed by atoms with Gasteiger partial charge in [0.25, 0.3) is 0 Å². The van der Waals surface area contributed by atoms with Gasteiger partial charge in [0.1, 0.15) is 12.4 Å². The second-order valence-electron chi connectivity index (χ2n) is 7.61. The van der Waals surface area contributed by atoms with Crippen LogP contribution in [0.4, 0.5) is 16.2 Å². The van der Waals surface area contributed by atoms with Crippen LogP contribution in [0.3, 0.4) is 0 Å². The van der Waals surface area contributed by atoms with E-state index in [4.69, 9.17) is 4.74 Å². The molecule has 3 amide bonds. The molecular weight excluding hydrogens is 354 g/mol. The maximum Gasteiger partial charge on any atom is 0.319 e. The van der Waals surface area contributed by atoms with Crippen molar-refractivity contribution >= 4 is 23.3 Å². The quantitative estimate of drug-likeness (QED) is 0.817. The van der Waals surface area contributed by atoms with Crippen molar-refractivity contribution in [2.24, 2.45) is 5.41 Å². The molecule has 1 heterocycles. The van der Waals surface area contributed by atoms with Crippen LogP contribution in [0.25, 0.3) is 0 Å². The number of fused-ring (bicyclic) bond motifs is 1. The fraction of sp³-hybridized carbons (Fsp3) is 0.364. The molecule has 1 aliphatic heterocycles. The van der Waals surface area contributed by atoms with Gasteiger partial charge in [0.05, 0.1) is 11.1 Å². The lowest BCUT2D eigenvalue weighted by atomic mass is 9.93. The van der Waals surface area contributed by atoms with Crippen molar-refractivity contribution in [3.8, 4) is 5.75 Å². The van der Waals surface area contributed by atoms with E-state index in [1.165, 1.54) is 0 Å². The Morgan fingerprint density at radius 1 is 1.18 bits per heavy atom. The van der Waals surface area contributed by atoms with Gasteiger partial charge in [0, 0.05) is 18.8 Å². The summed E-state index contributed by atoms with van der Waals surface area (Å²) < 4.78 is 5.89. The third-order valence-corrected chi connectivity index (χ3v) is 4.66. The van der Waals surface area contributed by atoms with E-state index in [-0.39, 0.29) is 11.9 Å². The lowest BCUT2D eigenvalue weighted by Crippen LogP contribution is -2.42. The lowest BCUT2D eigenvalue weighted by Gasteiger charge is -2.27. The van der Waals surface area contributed by atoms with Crippen molar-refractivity contribution in [1.82, 2.24) is 5.32 Å². The van der Waals surface area contributed by atoms with E-state index in [2.05, 4.69) is 10.6 Å². The maximum atomic E-state index is 13.0. The number of carbonyl (C=O) groups is 2. The molecule has 0 atom stereocenters. The van der Waals surface area contributed by atoms with Crippen molar-refractivity contribution in [1.29, 1.82) is 0 Å². The summed E-state index contributed by atoms with van der Waals surface area (Å²) in [5.41, 5.74) is 1.73. The predicted octanol–water partition coefficient (Wildman–Crippen LogP) is 4.17. The van der Waals surface area contributed by atoms with E-state index >= 15 is 0 Å². The molecular formula is C22H27N3O3. The first-order valence-corrected chi connectivity index (χ1v) is 9.58. The molecule has 148 valence electrons. The van der Waals surface area contributed by atoms with Gasteiger partial charge in [-0.1, -0.05) is 37.3 Å². The number of hydrogen-bond acceptors (Lipinski definition) is 3. The van der Waals surface area contributed by atoms with Gasteiger partial charge in [-0.15, -0.1) is 0 Å². The van der Waals surface area contributed by atoms with E-state index in [1.54, 1.807) is 23.1 Å². The van der Waals surface area contributed by atoms with Crippen LogP contribution in [0.1, 0.15) is 32.8 Å². The van der Waals surface area contributed by atoms with Gasteiger partial charge in [0.15, 0.2) is 0 Å². The number of anilines is 2. The van der Waals surface area contributed by atoms with Crippen LogP contribution >= 0.6 is 0 Å². The molecule has 0 unspecified atom stereocenters. The van der Waals surface area contributed by atoms with Gasteiger partial charge >= 0.3 is 6.03 Å². The molecule has 0 saturated carbocycles. The minimum absolute atomic E-state index is 0.0266. The number of carbonyl (C=O) groups excluding carboxylic acids is 2. The van der Waals surface area contributed by atoms with Crippen LogP contribution in [0.2, 0.25) is 0 Å². The van der Waals surface area contributed by atoms with Crippen LogP contribution in [0.5, 0.6) is 5.75 Å². The Bertz CT molecular complexity index is 849. The highest BCUT2D eigenvalue weighted by molar-refractivity contribution is 6.00. The van der Waals surface area contributed by atoms with Crippen LogP contribution < -0.4 is 20.3 Å². The molecule has 3 rings (SSSR count). The topological polar surface area (TPSA) is 70.7 Å². The van der Waals surface area contributed by atoms with Crippen molar-refractivity contribution in [2.75, 3.05) is 23.4 Å². The van der Waals surface area contributed by atoms with Gasteiger partial charge in [-0.2, -0.15) is 0 Å². The molecule has 0 saturated heterocycles. The van der Waals surface area contributed by atoms with E-state index < -0.39 is 5.41 Å². The fourth-order valence-corrected chi connectivity index (χ4v) is 3.12. The van der Waals surface area contributed by atoms with E-state index in [0.29, 0.717) is 36.8 Å². The Morgan fingerprint density at radius 3 is 2.64 bits per heavy atom. The molecule has 0 fully saturated rings. The molecule has 6 nitrogen and oxygen atoms in total. The maximum absolute atomic E-state index is 13.0. The van der Waals surface area contributed by atoms with Crippen LogP contribution in [0, 0.1) is 5.41 Å². The zero-order chi connectivity index (χ0) is 20.1. The summed E-state index contributed by atoms with van der Waals surface area (Å²) in [5, 5.41) is 5.67. The summed E-state index contributed by atoms with van der Waals surface area (Å²) in [6.07, 6.45) is 0.830. The molecule has 6 heteroatoms. The Morgan fingerprint density at radius 2 is 1.93 bits per heavy atom. The summed E-state index contributed by atoms with van der Waals surface area (Å²) in [6, 6.07) is 14.8. The molecule has 1 aliphatic rings. The van der Waals surface area contributed by atoms with Crippen molar-refractivity contribution in [2.45, 2.75) is 33.7 Å². The number of nitrogens with one attached hydrogen (secondary N) is 2. The third-order valence-electron chi connectivity index (χ3n) is 4.66. The zero-order valence-electron chi connectivity index (χ0n) is 16.6. The van der Waals surface area contributed by atoms with Gasteiger partial charge in [0.2, 0.25) is 5.91 Å². The molecule has 0 bridgehead atoms. The molecule has 28 heavy (non-hydrogen) atoms. The molecule has 2 aromatic carbocycles. The van der Waals surface area contributed by atoms with E-state index in [0.717, 1.165) is 12.0 Å². The number of ether oxygens (including phenoxy) is 1. The third kappa shape index (κ3) is 4.44. The Labute approximate surface area is 165 Å². The van der Waals surface area contributed by atoms with Crippen LogP contribution in [-0.2, 0) is 11.3 Å². The minimum Gasteiger partial charge on any atom is -0.490 e. The number of rotatable bonds is 5. The highest BCUT2D eigenvalue weighted by atomic mass is 16.5. The Balaban J connectivity index is 1.75. The monoisotopic (exact) mass is 381 g/mol. The highest BCUT2D eigenvalue weighted by Crippen LogP contribution is 2.38. The summed E-state index contributed by atoms with van der Waals surface area (Å²) in [7, 11) is 0. The number of nitrogens with zero attached hydrogens (tertiary/aromatic N) is 1. The Kier molecular flexibility index (Phi) is 5.87. The second kappa shape index (κ2) is 8.33. The summed E-state index contributed by atoms with van der Waals surface area (Å²) in [6.45, 7) is 7.17. The van der Waals surface area contributed by atoms with Crippen molar-refractivity contribution in [3.05, 3.63) is 54.1 Å². The number of amides is 3. The van der Waals surface area contributed by atoms with Crippen LogP contribution in [-0.4, -0.2) is 25.1 Å². The minimum atomic E-state index is -0.602. The summed E-state index contributed by atoms with van der Waals surface area (Å²) in [4.78, 5) is 27.0. The summed E-state index contributed by atoms with van der Waals surface area (Å²) >= 11 is 0. The van der Waals surface area contributed by atoms with Crippen molar-refractivity contribution < 1.29 is 14.3 Å². The Hall–Kier alpha value is -3.02. The first-order valence-electron chi connectivity index (χ1n) is 9.58. The first-order chi connectivity index (χ1) is 13.4. The second-order valence-corrected chi connectivity index (χ2v) is 7.61. The van der Waals surface area contributed by atoms with Gasteiger partial charge in [-0.25, -0.2) is 4.79 Å². The van der Waals surface area contributed by atoms with E-state index in [9.17, 15) is 9.59 Å². The van der Waals surface area contributed by atoms with Gasteiger partial charge in [-0.3, -0.25) is 4.79 Å². The molecule has 0 aliphatic carbocycles. The number of benzene rings is 2. The number of urea groups is 1. The SMILES string of the molecule is CCCN1C(=O)C(C)(C)COc2ccc(NC(=O)NCc3ccccc3)cc21. The average Bonchev–Trinajstić information content (AvgIpc) is 2.78. The largest absolute Gasteiger partial charge is 0.490 e. The molecule has 0 radical (unpaired) electrons.